The molecule has 1 amide bonds. The number of hydrogen-bond donors (Lipinski definition) is 0. The van der Waals surface area contributed by atoms with E-state index in [1.165, 1.54) is 16.8 Å². The van der Waals surface area contributed by atoms with Crippen LogP contribution in [-0.4, -0.2) is 62.8 Å². The second-order valence-corrected chi connectivity index (χ2v) is 12.9. The lowest BCUT2D eigenvalue weighted by molar-refractivity contribution is -0.137. The van der Waals surface area contributed by atoms with Crippen LogP contribution < -0.4 is 4.90 Å². The van der Waals surface area contributed by atoms with Crippen molar-refractivity contribution in [3.63, 3.8) is 0 Å². The molecule has 190 valence electrons. The molecule has 0 bridgehead atoms. The quantitative estimate of drug-likeness (QED) is 0.630. The molecule has 0 spiro atoms. The van der Waals surface area contributed by atoms with E-state index in [1.807, 2.05) is 17.0 Å². The van der Waals surface area contributed by atoms with Gasteiger partial charge in [0.25, 0.3) is 0 Å². The Morgan fingerprint density at radius 3 is 2.03 bits per heavy atom. The largest absolute Gasteiger partial charge is 0.368 e. The van der Waals surface area contributed by atoms with Crippen LogP contribution in [0, 0.1) is 19.8 Å². The monoisotopic (exact) mass is 497 g/mol. The van der Waals surface area contributed by atoms with Crippen molar-refractivity contribution in [1.29, 1.82) is 0 Å². The Balaban J connectivity index is 1.32. The number of carbonyl (C=O) groups excluding carboxylic acids is 1. The normalized spacial score (nSPS) is 18.7. The lowest BCUT2D eigenvalue weighted by atomic mass is 9.87. The number of piperidine rings is 1. The summed E-state index contributed by atoms with van der Waals surface area (Å²) in [5.74, 6) is 0.0779. The van der Waals surface area contributed by atoms with Crippen LogP contribution in [0.3, 0.4) is 0 Å². The summed E-state index contributed by atoms with van der Waals surface area (Å²) in [6.07, 6.45) is 1.16. The van der Waals surface area contributed by atoms with Crippen LogP contribution in [0.5, 0.6) is 0 Å². The number of hydrogen-bond acceptors (Lipinski definition) is 4. The third-order valence-electron chi connectivity index (χ3n) is 7.67. The fourth-order valence-electron chi connectivity index (χ4n) is 5.12. The van der Waals surface area contributed by atoms with Crippen LogP contribution in [0.2, 0.25) is 0 Å². The molecule has 2 heterocycles. The van der Waals surface area contributed by atoms with Gasteiger partial charge < -0.3 is 9.80 Å². The van der Waals surface area contributed by atoms with Crippen LogP contribution in [-0.2, 0) is 20.2 Å². The average Bonchev–Trinajstić information content (AvgIpc) is 2.85. The maximum Gasteiger partial charge on any atom is 0.243 e. The zero-order valence-corrected chi connectivity index (χ0v) is 22.6. The fraction of sp³-hybridized carbons (Fsp3) is 0.536. The molecule has 2 aliphatic heterocycles. The lowest BCUT2D eigenvalue weighted by Crippen LogP contribution is -2.52. The highest BCUT2D eigenvalue weighted by Gasteiger charge is 2.35. The van der Waals surface area contributed by atoms with Gasteiger partial charge in [0.2, 0.25) is 15.9 Å². The Hall–Kier alpha value is -2.38. The van der Waals surface area contributed by atoms with E-state index >= 15 is 0 Å². The minimum absolute atomic E-state index is 0.0225. The Morgan fingerprint density at radius 2 is 1.46 bits per heavy atom. The summed E-state index contributed by atoms with van der Waals surface area (Å²) in [5.41, 5.74) is 4.93. The van der Waals surface area contributed by atoms with Crippen molar-refractivity contribution in [2.45, 2.75) is 57.8 Å². The highest BCUT2D eigenvalue weighted by Crippen LogP contribution is 2.29. The highest BCUT2D eigenvalue weighted by molar-refractivity contribution is 7.89. The smallest absolute Gasteiger partial charge is 0.243 e. The first-order valence-electron chi connectivity index (χ1n) is 12.7. The lowest BCUT2D eigenvalue weighted by Gasteiger charge is -2.39. The second kappa shape index (κ2) is 9.94. The van der Waals surface area contributed by atoms with E-state index < -0.39 is 10.0 Å². The van der Waals surface area contributed by atoms with Gasteiger partial charge in [-0.2, -0.15) is 4.31 Å². The Morgan fingerprint density at radius 1 is 0.857 bits per heavy atom. The van der Waals surface area contributed by atoms with E-state index in [2.05, 4.69) is 57.7 Å². The zero-order valence-electron chi connectivity index (χ0n) is 21.8. The van der Waals surface area contributed by atoms with E-state index in [1.54, 1.807) is 16.4 Å². The van der Waals surface area contributed by atoms with Crippen molar-refractivity contribution in [2.75, 3.05) is 44.2 Å². The standard InChI is InChI=1S/C28H39N3O3S/c1-21-7-6-8-26(22(21)2)29-17-19-30(20-18-29)27(32)23-13-15-31(16-14-23)35(33,34)25-11-9-24(10-12-25)28(3,4)5/h6-12,23H,13-20H2,1-5H3. The van der Waals surface area contributed by atoms with Crippen LogP contribution in [0.4, 0.5) is 5.69 Å². The molecular weight excluding hydrogens is 458 g/mol. The Bertz CT molecular complexity index is 1150. The Labute approximate surface area is 211 Å². The molecule has 0 atom stereocenters. The molecule has 0 aromatic heterocycles. The van der Waals surface area contributed by atoms with E-state index in [-0.39, 0.29) is 17.2 Å². The number of benzene rings is 2. The van der Waals surface area contributed by atoms with Gasteiger partial charge in [0, 0.05) is 50.9 Å². The molecule has 2 aromatic rings. The minimum atomic E-state index is -3.54. The molecule has 7 heteroatoms. The van der Waals surface area contributed by atoms with Crippen molar-refractivity contribution in [3.05, 3.63) is 59.2 Å². The van der Waals surface area contributed by atoms with Crippen molar-refractivity contribution < 1.29 is 13.2 Å². The maximum absolute atomic E-state index is 13.2. The second-order valence-electron chi connectivity index (χ2n) is 11.0. The maximum atomic E-state index is 13.2. The van der Waals surface area contributed by atoms with Crippen molar-refractivity contribution in [3.8, 4) is 0 Å². The first-order valence-corrected chi connectivity index (χ1v) is 14.1. The summed E-state index contributed by atoms with van der Waals surface area (Å²) < 4.78 is 27.9. The summed E-state index contributed by atoms with van der Waals surface area (Å²) in [5, 5.41) is 0. The number of sulfonamides is 1. The summed E-state index contributed by atoms with van der Waals surface area (Å²) >= 11 is 0. The number of carbonyl (C=O) groups is 1. The number of aryl methyl sites for hydroxylation is 1. The number of anilines is 1. The van der Waals surface area contributed by atoms with Gasteiger partial charge in [-0.1, -0.05) is 45.0 Å². The topological polar surface area (TPSA) is 60.9 Å². The predicted octanol–water partition coefficient (Wildman–Crippen LogP) is 4.35. The molecule has 4 rings (SSSR count). The molecule has 35 heavy (non-hydrogen) atoms. The van der Waals surface area contributed by atoms with Gasteiger partial charge in [-0.25, -0.2) is 8.42 Å². The molecule has 2 fully saturated rings. The van der Waals surface area contributed by atoms with E-state index in [0.29, 0.717) is 43.9 Å². The molecule has 0 saturated carbocycles. The number of amides is 1. The number of piperazine rings is 1. The van der Waals surface area contributed by atoms with Crippen molar-refractivity contribution >= 4 is 21.6 Å². The molecule has 0 aliphatic carbocycles. The molecule has 2 aromatic carbocycles. The third kappa shape index (κ3) is 5.41. The predicted molar refractivity (Wildman–Crippen MR) is 141 cm³/mol. The van der Waals surface area contributed by atoms with Gasteiger partial charge in [0.05, 0.1) is 4.90 Å². The van der Waals surface area contributed by atoms with E-state index in [4.69, 9.17) is 0 Å². The van der Waals surface area contributed by atoms with Gasteiger partial charge in [0.1, 0.15) is 0 Å². The summed E-state index contributed by atoms with van der Waals surface area (Å²) in [6.45, 7) is 14.5. The van der Waals surface area contributed by atoms with Gasteiger partial charge in [-0.15, -0.1) is 0 Å². The first kappa shape index (κ1) is 25.7. The van der Waals surface area contributed by atoms with E-state index in [0.717, 1.165) is 18.7 Å². The van der Waals surface area contributed by atoms with Crippen molar-refractivity contribution in [2.24, 2.45) is 5.92 Å². The molecule has 0 unspecified atom stereocenters. The number of rotatable bonds is 4. The highest BCUT2D eigenvalue weighted by atomic mass is 32.2. The van der Waals surface area contributed by atoms with Crippen LogP contribution in [0.1, 0.15) is 50.3 Å². The fourth-order valence-corrected chi connectivity index (χ4v) is 6.59. The average molecular weight is 498 g/mol. The summed E-state index contributed by atoms with van der Waals surface area (Å²) in [7, 11) is -3.54. The van der Waals surface area contributed by atoms with Gasteiger partial charge >= 0.3 is 0 Å². The third-order valence-corrected chi connectivity index (χ3v) is 9.58. The van der Waals surface area contributed by atoms with Gasteiger partial charge in [-0.3, -0.25) is 4.79 Å². The minimum Gasteiger partial charge on any atom is -0.368 e. The molecular formula is C28H39N3O3S. The van der Waals surface area contributed by atoms with Crippen LogP contribution >= 0.6 is 0 Å². The summed E-state index contributed by atoms with van der Waals surface area (Å²) in [4.78, 5) is 17.9. The van der Waals surface area contributed by atoms with Crippen LogP contribution in [0.25, 0.3) is 0 Å². The first-order chi connectivity index (χ1) is 16.5. The number of nitrogens with zero attached hydrogens (tertiary/aromatic N) is 3. The Kier molecular flexibility index (Phi) is 7.30. The van der Waals surface area contributed by atoms with Gasteiger partial charge in [-0.05, 0) is 67.0 Å². The van der Waals surface area contributed by atoms with Crippen molar-refractivity contribution in [1.82, 2.24) is 9.21 Å². The van der Waals surface area contributed by atoms with Crippen LogP contribution in [0.15, 0.2) is 47.4 Å². The molecule has 0 N–H and O–H groups in total. The molecule has 2 saturated heterocycles. The molecule has 0 radical (unpaired) electrons. The summed E-state index contributed by atoms with van der Waals surface area (Å²) in [6, 6.07) is 13.6. The molecule has 6 nitrogen and oxygen atoms in total. The zero-order chi connectivity index (χ0) is 25.4. The van der Waals surface area contributed by atoms with E-state index in [9.17, 15) is 13.2 Å². The SMILES string of the molecule is Cc1cccc(N2CCN(C(=O)C3CCN(S(=O)(=O)c4ccc(C(C)(C)C)cc4)CC3)CC2)c1C. The molecule has 2 aliphatic rings. The van der Waals surface area contributed by atoms with Gasteiger partial charge in [0.15, 0.2) is 0 Å².